The van der Waals surface area contributed by atoms with Gasteiger partial charge >= 0.3 is 0 Å². The number of hydrogen-bond acceptors (Lipinski definition) is 2. The van der Waals surface area contributed by atoms with E-state index in [0.717, 1.165) is 10.2 Å². The van der Waals surface area contributed by atoms with E-state index in [2.05, 4.69) is 21.2 Å². The Balaban J connectivity index is 2.83. The lowest BCUT2D eigenvalue weighted by Crippen LogP contribution is -2.41. The van der Waals surface area contributed by atoms with Crippen molar-refractivity contribution in [1.82, 2.24) is 0 Å². The molecule has 0 aromatic heterocycles. The number of carbonyl (C=O) groups excluding carboxylic acids is 1. The zero-order valence-corrected chi connectivity index (χ0v) is 11.3. The topological polar surface area (TPSA) is 38.3 Å². The monoisotopic (exact) mass is 285 g/mol. The first-order chi connectivity index (χ1) is 7.53. The standard InChI is InChI=1S/C12H16BrNO2/c1-4-12(2,16-3)11(15)14-10-8-6-5-7-9(10)13/h5-8H,4H2,1-3H3,(H,14,15). The molecule has 0 heterocycles. The minimum absolute atomic E-state index is 0.135. The third-order valence-electron chi connectivity index (χ3n) is 2.73. The number of amides is 1. The number of ether oxygens (including phenoxy) is 1. The molecule has 0 fully saturated rings. The van der Waals surface area contributed by atoms with Crippen LogP contribution in [0.3, 0.4) is 0 Å². The number of benzene rings is 1. The van der Waals surface area contributed by atoms with Gasteiger partial charge in [-0.1, -0.05) is 19.1 Å². The van der Waals surface area contributed by atoms with Crippen LogP contribution in [0.25, 0.3) is 0 Å². The van der Waals surface area contributed by atoms with E-state index in [9.17, 15) is 4.79 Å². The maximum atomic E-state index is 12.0. The summed E-state index contributed by atoms with van der Waals surface area (Å²) in [6.07, 6.45) is 0.625. The summed E-state index contributed by atoms with van der Waals surface area (Å²) < 4.78 is 6.09. The number of hydrogen-bond donors (Lipinski definition) is 1. The highest BCUT2D eigenvalue weighted by atomic mass is 79.9. The van der Waals surface area contributed by atoms with Crippen molar-refractivity contribution in [3.63, 3.8) is 0 Å². The van der Waals surface area contributed by atoms with E-state index in [4.69, 9.17) is 4.74 Å². The second-order valence-electron chi connectivity index (χ2n) is 3.72. The van der Waals surface area contributed by atoms with E-state index in [1.807, 2.05) is 31.2 Å². The van der Waals surface area contributed by atoms with Gasteiger partial charge in [0.15, 0.2) is 0 Å². The Hall–Kier alpha value is -0.870. The van der Waals surface area contributed by atoms with Gasteiger partial charge in [0.25, 0.3) is 5.91 Å². The summed E-state index contributed by atoms with van der Waals surface area (Å²) in [4.78, 5) is 12.0. The van der Waals surface area contributed by atoms with Gasteiger partial charge in [-0.05, 0) is 41.4 Å². The molecule has 1 atom stereocenters. The molecule has 1 N–H and O–H groups in total. The fraction of sp³-hybridized carbons (Fsp3) is 0.417. The van der Waals surface area contributed by atoms with Crippen LogP contribution in [-0.2, 0) is 9.53 Å². The van der Waals surface area contributed by atoms with Gasteiger partial charge in [-0.15, -0.1) is 0 Å². The highest BCUT2D eigenvalue weighted by Gasteiger charge is 2.31. The van der Waals surface area contributed by atoms with Gasteiger partial charge in [-0.25, -0.2) is 0 Å². The molecule has 1 amide bonds. The molecule has 3 nitrogen and oxygen atoms in total. The van der Waals surface area contributed by atoms with Crippen LogP contribution in [0.4, 0.5) is 5.69 Å². The fourth-order valence-corrected chi connectivity index (χ4v) is 1.60. The minimum atomic E-state index is -0.782. The molecule has 0 aliphatic heterocycles. The molecule has 1 rings (SSSR count). The molecular formula is C12H16BrNO2. The van der Waals surface area contributed by atoms with Gasteiger partial charge in [-0.3, -0.25) is 4.79 Å². The van der Waals surface area contributed by atoms with Gasteiger partial charge in [0.05, 0.1) is 5.69 Å². The van der Waals surface area contributed by atoms with Crippen LogP contribution in [0.15, 0.2) is 28.7 Å². The predicted octanol–water partition coefficient (Wildman–Crippen LogP) is 3.20. The van der Waals surface area contributed by atoms with Crippen LogP contribution in [0.1, 0.15) is 20.3 Å². The number of halogens is 1. The first-order valence-electron chi connectivity index (χ1n) is 5.14. The third kappa shape index (κ3) is 2.83. The highest BCUT2D eigenvalue weighted by molar-refractivity contribution is 9.10. The second kappa shape index (κ2) is 5.46. The lowest BCUT2D eigenvalue weighted by molar-refractivity contribution is -0.136. The van der Waals surface area contributed by atoms with Crippen LogP contribution in [-0.4, -0.2) is 18.6 Å². The molecule has 16 heavy (non-hydrogen) atoms. The van der Waals surface area contributed by atoms with Crippen molar-refractivity contribution in [3.05, 3.63) is 28.7 Å². The van der Waals surface area contributed by atoms with E-state index in [0.29, 0.717) is 6.42 Å². The molecule has 0 saturated carbocycles. The molecule has 0 aliphatic carbocycles. The summed E-state index contributed by atoms with van der Waals surface area (Å²) in [6.45, 7) is 3.70. The average Bonchev–Trinajstić information content (AvgIpc) is 2.31. The number of anilines is 1. The van der Waals surface area contributed by atoms with Crippen molar-refractivity contribution in [2.24, 2.45) is 0 Å². The largest absolute Gasteiger partial charge is 0.369 e. The molecule has 1 unspecified atom stereocenters. The number of rotatable bonds is 4. The van der Waals surface area contributed by atoms with Gasteiger partial charge < -0.3 is 10.1 Å². The van der Waals surface area contributed by atoms with Crippen LogP contribution in [0.2, 0.25) is 0 Å². The maximum Gasteiger partial charge on any atom is 0.256 e. The Morgan fingerprint density at radius 3 is 2.62 bits per heavy atom. The molecular weight excluding hydrogens is 270 g/mol. The van der Waals surface area contributed by atoms with Crippen LogP contribution >= 0.6 is 15.9 Å². The molecule has 0 aliphatic rings. The minimum Gasteiger partial charge on any atom is -0.369 e. The highest BCUT2D eigenvalue weighted by Crippen LogP contribution is 2.24. The second-order valence-corrected chi connectivity index (χ2v) is 4.58. The molecule has 1 aromatic rings. The molecule has 0 spiro atoms. The third-order valence-corrected chi connectivity index (χ3v) is 3.42. The molecule has 1 aromatic carbocycles. The van der Waals surface area contributed by atoms with Crippen molar-refractivity contribution < 1.29 is 9.53 Å². The summed E-state index contributed by atoms with van der Waals surface area (Å²) >= 11 is 3.38. The Morgan fingerprint density at radius 1 is 1.50 bits per heavy atom. The van der Waals surface area contributed by atoms with Crippen LogP contribution in [0.5, 0.6) is 0 Å². The van der Waals surface area contributed by atoms with Crippen molar-refractivity contribution in [2.45, 2.75) is 25.9 Å². The van der Waals surface area contributed by atoms with E-state index in [-0.39, 0.29) is 5.91 Å². The number of methoxy groups -OCH3 is 1. The summed E-state index contributed by atoms with van der Waals surface area (Å²) in [5, 5.41) is 2.84. The van der Waals surface area contributed by atoms with Crippen molar-refractivity contribution in [1.29, 1.82) is 0 Å². The Bertz CT molecular complexity index is 375. The number of para-hydroxylation sites is 1. The van der Waals surface area contributed by atoms with Gasteiger partial charge in [-0.2, -0.15) is 0 Å². The predicted molar refractivity (Wildman–Crippen MR) is 68.5 cm³/mol. The van der Waals surface area contributed by atoms with E-state index >= 15 is 0 Å². The molecule has 0 bridgehead atoms. The van der Waals surface area contributed by atoms with Gasteiger partial charge in [0.2, 0.25) is 0 Å². The maximum absolute atomic E-state index is 12.0. The lowest BCUT2D eigenvalue weighted by atomic mass is 10.0. The Kier molecular flexibility index (Phi) is 4.50. The zero-order chi connectivity index (χ0) is 12.2. The quantitative estimate of drug-likeness (QED) is 0.923. The van der Waals surface area contributed by atoms with Crippen molar-refractivity contribution >= 4 is 27.5 Å². The van der Waals surface area contributed by atoms with Crippen LogP contribution in [0, 0.1) is 0 Å². The fourth-order valence-electron chi connectivity index (χ4n) is 1.21. The normalized spacial score (nSPS) is 14.2. The molecule has 88 valence electrons. The Labute approximate surface area is 104 Å². The first kappa shape index (κ1) is 13.2. The van der Waals surface area contributed by atoms with Crippen molar-refractivity contribution in [3.8, 4) is 0 Å². The van der Waals surface area contributed by atoms with Crippen LogP contribution < -0.4 is 5.32 Å². The Morgan fingerprint density at radius 2 is 2.12 bits per heavy atom. The summed E-state index contributed by atoms with van der Waals surface area (Å²) in [5.74, 6) is -0.135. The summed E-state index contributed by atoms with van der Waals surface area (Å²) in [7, 11) is 1.54. The molecule has 4 heteroatoms. The lowest BCUT2D eigenvalue weighted by Gasteiger charge is -2.25. The molecule has 0 radical (unpaired) electrons. The number of nitrogens with one attached hydrogen (secondary N) is 1. The number of carbonyl (C=O) groups is 1. The SMILES string of the molecule is CCC(C)(OC)C(=O)Nc1ccccc1Br. The summed E-state index contributed by atoms with van der Waals surface area (Å²) in [6, 6.07) is 7.49. The van der Waals surface area contributed by atoms with Gasteiger partial charge in [0.1, 0.15) is 5.60 Å². The van der Waals surface area contributed by atoms with Crippen molar-refractivity contribution in [2.75, 3.05) is 12.4 Å². The first-order valence-corrected chi connectivity index (χ1v) is 5.94. The summed E-state index contributed by atoms with van der Waals surface area (Å²) in [5.41, 5.74) is -0.0285. The van der Waals surface area contributed by atoms with E-state index < -0.39 is 5.60 Å². The molecule has 0 saturated heterocycles. The smallest absolute Gasteiger partial charge is 0.256 e. The van der Waals surface area contributed by atoms with Gasteiger partial charge in [0, 0.05) is 11.6 Å². The van der Waals surface area contributed by atoms with E-state index in [1.54, 1.807) is 14.0 Å². The van der Waals surface area contributed by atoms with E-state index in [1.165, 1.54) is 0 Å². The average molecular weight is 286 g/mol. The zero-order valence-electron chi connectivity index (χ0n) is 9.71.